The van der Waals surface area contributed by atoms with Gasteiger partial charge in [-0.05, 0) is 37.3 Å². The maximum absolute atomic E-state index is 12.0. The Bertz CT molecular complexity index is 651. The first-order valence-electron chi connectivity index (χ1n) is 7.58. The monoisotopic (exact) mass is 316 g/mol. The Morgan fingerprint density at radius 3 is 2.73 bits per heavy atom. The highest BCUT2D eigenvalue weighted by atomic mass is 32.1. The van der Waals surface area contributed by atoms with E-state index in [1.807, 2.05) is 24.6 Å². The van der Waals surface area contributed by atoms with Gasteiger partial charge in [0.05, 0.1) is 22.2 Å². The summed E-state index contributed by atoms with van der Waals surface area (Å²) in [7, 11) is 0. The van der Waals surface area contributed by atoms with E-state index in [0.717, 1.165) is 29.7 Å². The van der Waals surface area contributed by atoms with Crippen LogP contribution in [0.2, 0.25) is 0 Å². The Labute approximate surface area is 134 Å². The molecule has 1 aliphatic rings. The van der Waals surface area contributed by atoms with Crippen LogP contribution in [0, 0.1) is 12.8 Å². The van der Waals surface area contributed by atoms with Crippen molar-refractivity contribution in [3.05, 3.63) is 41.0 Å². The van der Waals surface area contributed by atoms with E-state index in [1.54, 1.807) is 11.3 Å². The summed E-state index contributed by atoms with van der Waals surface area (Å²) >= 11 is 1.64. The van der Waals surface area contributed by atoms with Gasteiger partial charge in [0.25, 0.3) is 0 Å². The number of hydrogen-bond acceptors (Lipinski definition) is 4. The summed E-state index contributed by atoms with van der Waals surface area (Å²) in [5, 5.41) is 12.5. The van der Waals surface area contributed by atoms with Crippen LogP contribution in [0.1, 0.15) is 30.5 Å². The highest BCUT2D eigenvalue weighted by molar-refractivity contribution is 7.13. The molecule has 4 nitrogen and oxygen atoms in total. The molecular weight excluding hydrogens is 296 g/mol. The molecule has 0 aliphatic heterocycles. The molecule has 0 spiro atoms. The van der Waals surface area contributed by atoms with Crippen LogP contribution in [-0.2, 0) is 11.3 Å². The number of nitrogens with one attached hydrogen (secondary N) is 1. The van der Waals surface area contributed by atoms with E-state index >= 15 is 0 Å². The first-order valence-corrected chi connectivity index (χ1v) is 8.46. The van der Waals surface area contributed by atoms with Crippen LogP contribution in [0.4, 0.5) is 0 Å². The van der Waals surface area contributed by atoms with Crippen LogP contribution in [0.3, 0.4) is 0 Å². The van der Waals surface area contributed by atoms with E-state index in [2.05, 4.69) is 22.4 Å². The molecule has 1 aromatic heterocycles. The number of aromatic nitrogens is 1. The number of benzene rings is 1. The fraction of sp³-hybridized carbons (Fsp3) is 0.412. The van der Waals surface area contributed by atoms with Crippen molar-refractivity contribution in [2.24, 2.45) is 5.92 Å². The lowest BCUT2D eigenvalue weighted by Gasteiger charge is -2.11. The van der Waals surface area contributed by atoms with Crippen molar-refractivity contribution < 1.29 is 9.90 Å². The average molecular weight is 316 g/mol. The molecule has 1 aliphatic carbocycles. The van der Waals surface area contributed by atoms with Gasteiger partial charge in [0.15, 0.2) is 0 Å². The van der Waals surface area contributed by atoms with Crippen molar-refractivity contribution in [1.29, 1.82) is 0 Å². The summed E-state index contributed by atoms with van der Waals surface area (Å²) < 4.78 is 0. The third kappa shape index (κ3) is 3.36. The first kappa shape index (κ1) is 15.2. The molecule has 1 heterocycles. The SMILES string of the molecule is Cc1ncsc1-c1ccc(CNC(=O)[C@@H]2CC[C@@H](O)C2)cc1. The van der Waals surface area contributed by atoms with E-state index in [1.165, 1.54) is 4.88 Å². The predicted octanol–water partition coefficient (Wildman–Crippen LogP) is 2.90. The Hall–Kier alpha value is -1.72. The van der Waals surface area contributed by atoms with Gasteiger partial charge in [-0.2, -0.15) is 0 Å². The molecule has 1 aromatic carbocycles. The van der Waals surface area contributed by atoms with Gasteiger partial charge in [-0.1, -0.05) is 24.3 Å². The minimum atomic E-state index is -0.308. The molecule has 2 atom stereocenters. The van der Waals surface area contributed by atoms with Crippen molar-refractivity contribution in [3.63, 3.8) is 0 Å². The van der Waals surface area contributed by atoms with Gasteiger partial charge in [-0.25, -0.2) is 4.98 Å². The Morgan fingerprint density at radius 2 is 2.14 bits per heavy atom. The van der Waals surface area contributed by atoms with E-state index < -0.39 is 0 Å². The largest absolute Gasteiger partial charge is 0.393 e. The summed E-state index contributed by atoms with van der Waals surface area (Å²) in [6.07, 6.45) is 1.81. The standard InChI is InChI=1S/C17H20N2O2S/c1-11-16(22-10-19-11)13-4-2-12(3-5-13)9-18-17(21)14-6-7-15(20)8-14/h2-5,10,14-15,20H,6-9H2,1H3,(H,18,21)/t14-,15-/m1/s1. The third-order valence-corrected chi connectivity index (χ3v) is 5.18. The van der Waals surface area contributed by atoms with Crippen LogP contribution in [0.15, 0.2) is 29.8 Å². The molecule has 1 saturated carbocycles. The maximum Gasteiger partial charge on any atom is 0.223 e. The van der Waals surface area contributed by atoms with Gasteiger partial charge in [-0.15, -0.1) is 11.3 Å². The number of carbonyl (C=O) groups is 1. The first-order chi connectivity index (χ1) is 10.6. The molecule has 0 saturated heterocycles. The van der Waals surface area contributed by atoms with Crippen molar-refractivity contribution in [2.75, 3.05) is 0 Å². The van der Waals surface area contributed by atoms with Gasteiger partial charge in [0.2, 0.25) is 5.91 Å². The number of hydrogen-bond donors (Lipinski definition) is 2. The van der Waals surface area contributed by atoms with Gasteiger partial charge < -0.3 is 10.4 Å². The number of aryl methyl sites for hydroxylation is 1. The van der Waals surface area contributed by atoms with Crippen molar-refractivity contribution in [3.8, 4) is 10.4 Å². The van der Waals surface area contributed by atoms with Crippen LogP contribution in [0.25, 0.3) is 10.4 Å². The fourth-order valence-corrected chi connectivity index (χ4v) is 3.69. The fourth-order valence-electron chi connectivity index (χ4n) is 2.88. The third-order valence-electron chi connectivity index (χ3n) is 4.20. The molecular formula is C17H20N2O2S. The van der Waals surface area contributed by atoms with Crippen LogP contribution in [-0.4, -0.2) is 22.1 Å². The van der Waals surface area contributed by atoms with Gasteiger partial charge in [0, 0.05) is 12.5 Å². The zero-order valence-electron chi connectivity index (χ0n) is 12.6. The van der Waals surface area contributed by atoms with Crippen molar-refractivity contribution >= 4 is 17.2 Å². The molecule has 3 rings (SSSR count). The highest BCUT2D eigenvalue weighted by Crippen LogP contribution is 2.27. The molecule has 0 radical (unpaired) electrons. The lowest BCUT2D eigenvalue weighted by molar-refractivity contribution is -0.125. The zero-order valence-corrected chi connectivity index (χ0v) is 13.4. The number of aliphatic hydroxyl groups excluding tert-OH is 1. The Morgan fingerprint density at radius 1 is 1.36 bits per heavy atom. The van der Waals surface area contributed by atoms with E-state index in [0.29, 0.717) is 13.0 Å². The molecule has 22 heavy (non-hydrogen) atoms. The molecule has 0 bridgehead atoms. The van der Waals surface area contributed by atoms with Crippen molar-refractivity contribution in [1.82, 2.24) is 10.3 Å². The summed E-state index contributed by atoms with van der Waals surface area (Å²) in [5.41, 5.74) is 5.15. The summed E-state index contributed by atoms with van der Waals surface area (Å²) in [6.45, 7) is 2.55. The van der Waals surface area contributed by atoms with E-state index in [9.17, 15) is 9.90 Å². The molecule has 5 heteroatoms. The van der Waals surface area contributed by atoms with Gasteiger partial charge in [-0.3, -0.25) is 4.79 Å². The number of rotatable bonds is 4. The topological polar surface area (TPSA) is 62.2 Å². The number of aliphatic hydroxyl groups is 1. The molecule has 1 amide bonds. The number of thiazole rings is 1. The average Bonchev–Trinajstić information content (AvgIpc) is 3.14. The number of nitrogens with zero attached hydrogens (tertiary/aromatic N) is 1. The van der Waals surface area contributed by atoms with Crippen LogP contribution in [0.5, 0.6) is 0 Å². The lowest BCUT2D eigenvalue weighted by Crippen LogP contribution is -2.29. The molecule has 116 valence electrons. The minimum Gasteiger partial charge on any atom is -0.393 e. The summed E-state index contributed by atoms with van der Waals surface area (Å²) in [6, 6.07) is 8.22. The normalized spacial score (nSPS) is 21.0. The van der Waals surface area contributed by atoms with Crippen LogP contribution >= 0.6 is 11.3 Å². The summed E-state index contributed by atoms with van der Waals surface area (Å²) in [5.74, 6) is 0.0213. The summed E-state index contributed by atoms with van der Waals surface area (Å²) in [4.78, 5) is 17.5. The number of amides is 1. The van der Waals surface area contributed by atoms with E-state index in [4.69, 9.17) is 0 Å². The second kappa shape index (κ2) is 6.58. The Balaban J connectivity index is 1.57. The highest BCUT2D eigenvalue weighted by Gasteiger charge is 2.28. The molecule has 2 N–H and O–H groups in total. The molecule has 1 fully saturated rings. The molecule has 0 unspecified atom stereocenters. The zero-order chi connectivity index (χ0) is 15.5. The smallest absolute Gasteiger partial charge is 0.223 e. The van der Waals surface area contributed by atoms with Gasteiger partial charge in [0.1, 0.15) is 0 Å². The predicted molar refractivity (Wildman–Crippen MR) is 87.5 cm³/mol. The number of carbonyl (C=O) groups excluding carboxylic acids is 1. The second-order valence-electron chi connectivity index (χ2n) is 5.85. The lowest BCUT2D eigenvalue weighted by atomic mass is 10.1. The van der Waals surface area contributed by atoms with Crippen LogP contribution < -0.4 is 5.32 Å². The van der Waals surface area contributed by atoms with Crippen molar-refractivity contribution in [2.45, 2.75) is 38.8 Å². The Kier molecular flexibility index (Phi) is 4.55. The van der Waals surface area contributed by atoms with E-state index in [-0.39, 0.29) is 17.9 Å². The quantitative estimate of drug-likeness (QED) is 0.911. The maximum atomic E-state index is 12.0. The minimum absolute atomic E-state index is 0.0332. The molecule has 2 aromatic rings. The second-order valence-corrected chi connectivity index (χ2v) is 6.70. The van der Waals surface area contributed by atoms with Gasteiger partial charge >= 0.3 is 0 Å².